The number of nitrogens with zero attached hydrogens (tertiary/aromatic N) is 1. The van der Waals surface area contributed by atoms with Gasteiger partial charge in [-0.1, -0.05) is 140 Å². The number of furan rings is 2. The summed E-state index contributed by atoms with van der Waals surface area (Å²) in [6.45, 7) is 0. The predicted molar refractivity (Wildman–Crippen MR) is 222 cm³/mol. The van der Waals surface area contributed by atoms with E-state index >= 15 is 0 Å². The van der Waals surface area contributed by atoms with Crippen molar-refractivity contribution in [3.05, 3.63) is 188 Å². The summed E-state index contributed by atoms with van der Waals surface area (Å²) in [6, 6.07) is 66.7. The maximum Gasteiger partial charge on any atom is 0.143 e. The standard InChI is InChI=1S/C50H31NO2/c1-3-13-38-32(10-1)12-7-19-45(38)51(37-29-24-35(25-30-37)41-17-8-18-43-42-15-5-6-20-46(42)52-49(41)43)36-27-22-34(23-28-36)39-16-9-21-47-48(39)44-31-26-33-11-2-4-14-40(33)50(44)53-47/h1-31H. The summed E-state index contributed by atoms with van der Waals surface area (Å²) in [7, 11) is 0. The van der Waals surface area contributed by atoms with Crippen molar-refractivity contribution in [3.63, 3.8) is 0 Å². The lowest BCUT2D eigenvalue weighted by molar-refractivity contribution is 0.670. The molecular weight excluding hydrogens is 647 g/mol. The molecule has 9 aromatic carbocycles. The van der Waals surface area contributed by atoms with Crippen LogP contribution in [0.15, 0.2) is 197 Å². The van der Waals surface area contributed by atoms with Gasteiger partial charge in [-0.05, 0) is 76.0 Å². The summed E-state index contributed by atoms with van der Waals surface area (Å²) in [5, 5.41) is 9.25. The molecule has 0 bridgehead atoms. The largest absolute Gasteiger partial charge is 0.455 e. The number of hydrogen-bond acceptors (Lipinski definition) is 3. The van der Waals surface area contributed by atoms with E-state index in [2.05, 4.69) is 181 Å². The molecule has 0 saturated heterocycles. The summed E-state index contributed by atoms with van der Waals surface area (Å²) in [5.41, 5.74) is 11.4. The van der Waals surface area contributed by atoms with Crippen molar-refractivity contribution in [2.45, 2.75) is 0 Å². The highest BCUT2D eigenvalue weighted by molar-refractivity contribution is 6.19. The Morgan fingerprint density at radius 2 is 0.868 bits per heavy atom. The van der Waals surface area contributed by atoms with Gasteiger partial charge in [0.25, 0.3) is 0 Å². The summed E-state index contributed by atoms with van der Waals surface area (Å²) >= 11 is 0. The molecule has 0 aliphatic carbocycles. The molecule has 0 aliphatic rings. The number of hydrogen-bond donors (Lipinski definition) is 0. The van der Waals surface area contributed by atoms with Crippen LogP contribution in [0.2, 0.25) is 0 Å². The Kier molecular flexibility index (Phi) is 6.55. The van der Waals surface area contributed by atoms with Gasteiger partial charge in [-0.3, -0.25) is 0 Å². The van der Waals surface area contributed by atoms with Crippen LogP contribution in [0.5, 0.6) is 0 Å². The summed E-state index contributed by atoms with van der Waals surface area (Å²) in [5.74, 6) is 0. The molecule has 248 valence electrons. The maximum atomic E-state index is 6.51. The average Bonchev–Trinajstić information content (AvgIpc) is 3.81. The molecule has 3 heteroatoms. The Hall–Kier alpha value is -7.10. The number of para-hydroxylation sites is 2. The van der Waals surface area contributed by atoms with Gasteiger partial charge in [-0.25, -0.2) is 0 Å². The van der Waals surface area contributed by atoms with Gasteiger partial charge in [0, 0.05) is 49.3 Å². The fourth-order valence-electron chi connectivity index (χ4n) is 8.18. The molecule has 0 atom stereocenters. The monoisotopic (exact) mass is 677 g/mol. The molecule has 11 rings (SSSR count). The van der Waals surface area contributed by atoms with E-state index in [0.717, 1.165) is 88.6 Å². The van der Waals surface area contributed by atoms with Crippen molar-refractivity contribution in [2.24, 2.45) is 0 Å². The van der Waals surface area contributed by atoms with E-state index in [-0.39, 0.29) is 0 Å². The quantitative estimate of drug-likeness (QED) is 0.182. The Morgan fingerprint density at radius 3 is 1.66 bits per heavy atom. The van der Waals surface area contributed by atoms with Gasteiger partial charge in [0.2, 0.25) is 0 Å². The molecular formula is C50H31NO2. The van der Waals surface area contributed by atoms with Crippen LogP contribution >= 0.6 is 0 Å². The number of anilines is 3. The number of rotatable bonds is 5. The molecule has 0 spiro atoms. The lowest BCUT2D eigenvalue weighted by Gasteiger charge is -2.27. The lowest BCUT2D eigenvalue weighted by Crippen LogP contribution is -2.10. The lowest BCUT2D eigenvalue weighted by atomic mass is 9.97. The van der Waals surface area contributed by atoms with E-state index in [1.54, 1.807) is 0 Å². The van der Waals surface area contributed by atoms with Gasteiger partial charge in [0.15, 0.2) is 0 Å². The highest BCUT2D eigenvalue weighted by atomic mass is 16.3. The second kappa shape index (κ2) is 11.7. The van der Waals surface area contributed by atoms with Gasteiger partial charge in [0.05, 0.1) is 5.69 Å². The van der Waals surface area contributed by atoms with Gasteiger partial charge in [0.1, 0.15) is 22.3 Å². The molecule has 0 unspecified atom stereocenters. The van der Waals surface area contributed by atoms with Crippen molar-refractivity contribution in [2.75, 3.05) is 4.90 Å². The highest BCUT2D eigenvalue weighted by Gasteiger charge is 2.19. The van der Waals surface area contributed by atoms with Crippen LogP contribution in [0, 0.1) is 0 Å². The number of fused-ring (bicyclic) bond motifs is 9. The molecule has 53 heavy (non-hydrogen) atoms. The minimum atomic E-state index is 0.897. The average molecular weight is 678 g/mol. The van der Waals surface area contributed by atoms with Gasteiger partial charge in [-0.2, -0.15) is 0 Å². The Balaban J connectivity index is 1.04. The van der Waals surface area contributed by atoms with Gasteiger partial charge < -0.3 is 13.7 Å². The van der Waals surface area contributed by atoms with E-state index in [0.29, 0.717) is 0 Å². The van der Waals surface area contributed by atoms with E-state index in [4.69, 9.17) is 8.83 Å². The highest BCUT2D eigenvalue weighted by Crippen LogP contribution is 2.43. The molecule has 0 amide bonds. The molecule has 3 nitrogen and oxygen atoms in total. The second-order valence-corrected chi connectivity index (χ2v) is 13.7. The molecule has 0 fully saturated rings. The Bertz CT molecular complexity index is 3160. The Morgan fingerprint density at radius 1 is 0.321 bits per heavy atom. The van der Waals surface area contributed by atoms with Crippen LogP contribution < -0.4 is 4.90 Å². The van der Waals surface area contributed by atoms with Crippen LogP contribution in [0.4, 0.5) is 17.1 Å². The first kappa shape index (κ1) is 29.6. The van der Waals surface area contributed by atoms with Crippen molar-refractivity contribution in [3.8, 4) is 22.3 Å². The molecule has 2 heterocycles. The molecule has 0 saturated carbocycles. The van der Waals surface area contributed by atoms with E-state index < -0.39 is 0 Å². The minimum Gasteiger partial charge on any atom is -0.455 e. The molecule has 11 aromatic rings. The zero-order valence-electron chi connectivity index (χ0n) is 28.7. The SMILES string of the molecule is c1ccc2c(N(c3ccc(-c4cccc5c4oc4ccccc45)cc3)c3ccc(-c4cccc5oc6c7ccccc7ccc6c45)cc3)cccc2c1. The smallest absolute Gasteiger partial charge is 0.143 e. The normalized spacial score (nSPS) is 11.8. The van der Waals surface area contributed by atoms with Crippen LogP contribution in [-0.2, 0) is 0 Å². The molecule has 0 N–H and O–H groups in total. The summed E-state index contributed by atoms with van der Waals surface area (Å²) < 4.78 is 12.9. The number of benzene rings is 9. The van der Waals surface area contributed by atoms with Crippen LogP contribution in [0.25, 0.3) is 87.7 Å². The first-order valence-corrected chi connectivity index (χ1v) is 18.0. The fraction of sp³-hybridized carbons (Fsp3) is 0. The van der Waals surface area contributed by atoms with E-state index in [9.17, 15) is 0 Å². The minimum absolute atomic E-state index is 0.897. The van der Waals surface area contributed by atoms with Crippen molar-refractivity contribution >= 4 is 82.5 Å². The topological polar surface area (TPSA) is 29.5 Å². The van der Waals surface area contributed by atoms with Crippen LogP contribution in [-0.4, -0.2) is 0 Å². The Labute approximate surface area is 305 Å². The van der Waals surface area contributed by atoms with Crippen molar-refractivity contribution in [1.29, 1.82) is 0 Å². The van der Waals surface area contributed by atoms with Gasteiger partial charge in [-0.15, -0.1) is 0 Å². The van der Waals surface area contributed by atoms with Crippen LogP contribution in [0.3, 0.4) is 0 Å². The third-order valence-corrected chi connectivity index (χ3v) is 10.7. The third-order valence-electron chi connectivity index (χ3n) is 10.7. The summed E-state index contributed by atoms with van der Waals surface area (Å²) in [4.78, 5) is 2.36. The first-order chi connectivity index (χ1) is 26.3. The molecule has 0 radical (unpaired) electrons. The van der Waals surface area contributed by atoms with Crippen molar-refractivity contribution in [1.82, 2.24) is 0 Å². The zero-order chi connectivity index (χ0) is 34.9. The van der Waals surface area contributed by atoms with Gasteiger partial charge >= 0.3 is 0 Å². The second-order valence-electron chi connectivity index (χ2n) is 13.7. The van der Waals surface area contributed by atoms with Crippen molar-refractivity contribution < 1.29 is 8.83 Å². The van der Waals surface area contributed by atoms with E-state index in [1.807, 2.05) is 12.1 Å². The van der Waals surface area contributed by atoms with Crippen LogP contribution in [0.1, 0.15) is 0 Å². The third kappa shape index (κ3) is 4.68. The fourth-order valence-corrected chi connectivity index (χ4v) is 8.18. The van der Waals surface area contributed by atoms with E-state index in [1.165, 1.54) is 16.2 Å². The summed E-state index contributed by atoms with van der Waals surface area (Å²) in [6.07, 6.45) is 0. The maximum absolute atomic E-state index is 6.51. The predicted octanol–water partition coefficient (Wildman–Crippen LogP) is 14.6. The first-order valence-electron chi connectivity index (χ1n) is 18.0. The molecule has 0 aliphatic heterocycles. The molecule has 2 aromatic heterocycles. The zero-order valence-corrected chi connectivity index (χ0v) is 28.7.